The number of nitro benzene ring substituents is 1. The van der Waals surface area contributed by atoms with Crippen LogP contribution in [0.5, 0.6) is 17.2 Å². The average molecular weight is 337 g/mol. The molecule has 2 rings (SSSR count). The lowest BCUT2D eigenvalue weighted by Crippen LogP contribution is -2.00. The zero-order valence-electron chi connectivity index (χ0n) is 12.8. The fourth-order valence-electron chi connectivity index (χ4n) is 1.93. The molecule has 7 nitrogen and oxygen atoms in total. The molecule has 2 aromatic rings. The Morgan fingerprint density at radius 1 is 1.04 bits per heavy atom. The highest BCUT2D eigenvalue weighted by Crippen LogP contribution is 2.37. The van der Waals surface area contributed by atoms with Crippen molar-refractivity contribution >= 4 is 15.5 Å². The third kappa shape index (κ3) is 3.78. The van der Waals surface area contributed by atoms with Gasteiger partial charge in [-0.1, -0.05) is 6.07 Å². The zero-order valence-corrected chi connectivity index (χ0v) is 13.6. The van der Waals surface area contributed by atoms with Crippen LogP contribution in [0.2, 0.25) is 0 Å². The molecule has 0 aliphatic carbocycles. The van der Waals surface area contributed by atoms with E-state index in [0.717, 1.165) is 17.9 Å². The number of benzene rings is 2. The summed E-state index contributed by atoms with van der Waals surface area (Å²) in [7, 11) is -2.09. The fraction of sp³-hybridized carbons (Fsp3) is 0.200. The standard InChI is InChI=1S/C15H15NO6S/c1-10-4-6-14(15(8-10)21-2)22-13-7-5-11(23(3,19)20)9-12(13)16(17)18/h4-9H,1-3H3. The van der Waals surface area contributed by atoms with Crippen molar-refractivity contribution in [2.24, 2.45) is 0 Å². The van der Waals surface area contributed by atoms with E-state index in [4.69, 9.17) is 9.47 Å². The van der Waals surface area contributed by atoms with Gasteiger partial charge in [0.1, 0.15) is 0 Å². The van der Waals surface area contributed by atoms with Gasteiger partial charge in [-0.05, 0) is 36.8 Å². The fourth-order valence-corrected chi connectivity index (χ4v) is 2.58. The molecule has 0 spiro atoms. The van der Waals surface area contributed by atoms with Gasteiger partial charge < -0.3 is 9.47 Å². The van der Waals surface area contributed by atoms with Crippen LogP contribution in [0.1, 0.15) is 5.56 Å². The molecule has 0 heterocycles. The van der Waals surface area contributed by atoms with Crippen LogP contribution in [0.4, 0.5) is 5.69 Å². The lowest BCUT2D eigenvalue weighted by atomic mass is 10.2. The maximum atomic E-state index is 11.5. The Bertz CT molecular complexity index is 860. The van der Waals surface area contributed by atoms with E-state index in [2.05, 4.69) is 0 Å². The van der Waals surface area contributed by atoms with E-state index in [1.807, 2.05) is 6.92 Å². The minimum Gasteiger partial charge on any atom is -0.493 e. The van der Waals surface area contributed by atoms with Gasteiger partial charge in [-0.2, -0.15) is 0 Å². The molecule has 23 heavy (non-hydrogen) atoms. The monoisotopic (exact) mass is 337 g/mol. The number of nitrogens with zero attached hydrogens (tertiary/aromatic N) is 1. The van der Waals surface area contributed by atoms with Crippen LogP contribution in [-0.4, -0.2) is 26.7 Å². The van der Waals surface area contributed by atoms with Crippen LogP contribution in [-0.2, 0) is 9.84 Å². The molecule has 0 fully saturated rings. The SMILES string of the molecule is COc1cc(C)ccc1Oc1ccc(S(C)(=O)=O)cc1[N+](=O)[O-]. The zero-order chi connectivity index (χ0) is 17.2. The lowest BCUT2D eigenvalue weighted by molar-refractivity contribution is -0.385. The predicted octanol–water partition coefficient (Wildman–Crippen LogP) is 3.11. The predicted molar refractivity (Wildman–Crippen MR) is 84.0 cm³/mol. The maximum Gasteiger partial charge on any atom is 0.312 e. The number of methoxy groups -OCH3 is 1. The van der Waals surface area contributed by atoms with Crippen LogP contribution >= 0.6 is 0 Å². The van der Waals surface area contributed by atoms with Gasteiger partial charge in [0, 0.05) is 12.3 Å². The molecule has 2 aromatic carbocycles. The molecule has 122 valence electrons. The molecule has 0 aliphatic heterocycles. The van der Waals surface area contributed by atoms with E-state index in [1.54, 1.807) is 18.2 Å². The molecular formula is C15H15NO6S. The number of ether oxygens (including phenoxy) is 2. The van der Waals surface area contributed by atoms with Gasteiger partial charge in [-0.25, -0.2) is 8.42 Å². The van der Waals surface area contributed by atoms with E-state index < -0.39 is 20.4 Å². The second kappa shape index (κ2) is 6.25. The number of nitro groups is 1. The smallest absolute Gasteiger partial charge is 0.312 e. The first-order valence-corrected chi connectivity index (χ1v) is 8.42. The molecular weight excluding hydrogens is 322 g/mol. The van der Waals surface area contributed by atoms with Gasteiger partial charge in [-0.3, -0.25) is 10.1 Å². The quantitative estimate of drug-likeness (QED) is 0.614. The average Bonchev–Trinajstić information content (AvgIpc) is 2.48. The number of hydrogen-bond acceptors (Lipinski definition) is 6. The summed E-state index contributed by atoms with van der Waals surface area (Å²) in [6.45, 7) is 1.87. The largest absolute Gasteiger partial charge is 0.493 e. The maximum absolute atomic E-state index is 11.5. The van der Waals surface area contributed by atoms with Gasteiger partial charge >= 0.3 is 5.69 Å². The first kappa shape index (κ1) is 16.8. The topological polar surface area (TPSA) is 95.7 Å². The first-order chi connectivity index (χ1) is 10.7. The summed E-state index contributed by atoms with van der Waals surface area (Å²) in [5.74, 6) is 0.657. The van der Waals surface area contributed by atoms with Crippen LogP contribution in [0, 0.1) is 17.0 Å². The second-order valence-electron chi connectivity index (χ2n) is 4.92. The molecule has 0 radical (unpaired) electrons. The van der Waals surface area contributed by atoms with E-state index >= 15 is 0 Å². The van der Waals surface area contributed by atoms with Crippen molar-refractivity contribution in [3.63, 3.8) is 0 Å². The Morgan fingerprint density at radius 2 is 1.70 bits per heavy atom. The Morgan fingerprint density at radius 3 is 2.26 bits per heavy atom. The molecule has 0 bridgehead atoms. The molecule has 0 aliphatic rings. The summed E-state index contributed by atoms with van der Waals surface area (Å²) < 4.78 is 33.8. The third-order valence-corrected chi connectivity index (χ3v) is 4.20. The second-order valence-corrected chi connectivity index (χ2v) is 6.93. The summed E-state index contributed by atoms with van der Waals surface area (Å²) in [5.41, 5.74) is 0.506. The highest BCUT2D eigenvalue weighted by molar-refractivity contribution is 7.90. The summed E-state index contributed by atoms with van der Waals surface area (Å²) in [4.78, 5) is 10.4. The third-order valence-electron chi connectivity index (χ3n) is 3.09. The van der Waals surface area contributed by atoms with Crippen molar-refractivity contribution in [2.75, 3.05) is 13.4 Å². The Hall–Kier alpha value is -2.61. The number of aryl methyl sites for hydroxylation is 1. The summed E-state index contributed by atoms with van der Waals surface area (Å²) in [6, 6.07) is 8.63. The normalized spacial score (nSPS) is 11.1. The van der Waals surface area contributed by atoms with Gasteiger partial charge in [-0.15, -0.1) is 0 Å². The van der Waals surface area contributed by atoms with Crippen LogP contribution in [0.25, 0.3) is 0 Å². The Balaban J connectivity index is 2.50. The van der Waals surface area contributed by atoms with Gasteiger partial charge in [0.15, 0.2) is 21.3 Å². The molecule has 0 saturated carbocycles. The highest BCUT2D eigenvalue weighted by atomic mass is 32.2. The first-order valence-electron chi connectivity index (χ1n) is 6.53. The molecule has 0 saturated heterocycles. The molecule has 0 aromatic heterocycles. The van der Waals surface area contributed by atoms with Crippen molar-refractivity contribution in [3.05, 3.63) is 52.1 Å². The van der Waals surface area contributed by atoms with Crippen molar-refractivity contribution in [2.45, 2.75) is 11.8 Å². The number of sulfone groups is 1. The molecule has 0 unspecified atom stereocenters. The van der Waals surface area contributed by atoms with E-state index in [0.29, 0.717) is 11.5 Å². The number of hydrogen-bond donors (Lipinski definition) is 0. The van der Waals surface area contributed by atoms with Crippen LogP contribution in [0.15, 0.2) is 41.3 Å². The van der Waals surface area contributed by atoms with Crippen molar-refractivity contribution in [3.8, 4) is 17.2 Å². The molecule has 0 atom stereocenters. The van der Waals surface area contributed by atoms with Gasteiger partial charge in [0.05, 0.1) is 16.9 Å². The van der Waals surface area contributed by atoms with Crippen LogP contribution in [0.3, 0.4) is 0 Å². The summed E-state index contributed by atoms with van der Waals surface area (Å²) in [6.07, 6.45) is 0.982. The van der Waals surface area contributed by atoms with Crippen molar-refractivity contribution < 1.29 is 22.8 Å². The molecule has 0 amide bonds. The van der Waals surface area contributed by atoms with Crippen molar-refractivity contribution in [1.29, 1.82) is 0 Å². The molecule has 8 heteroatoms. The van der Waals surface area contributed by atoms with E-state index in [-0.39, 0.29) is 10.6 Å². The van der Waals surface area contributed by atoms with Gasteiger partial charge in [0.2, 0.25) is 5.75 Å². The Kier molecular flexibility index (Phi) is 4.55. The highest BCUT2D eigenvalue weighted by Gasteiger charge is 2.21. The summed E-state index contributed by atoms with van der Waals surface area (Å²) in [5, 5.41) is 11.2. The lowest BCUT2D eigenvalue weighted by Gasteiger charge is -2.11. The minimum atomic E-state index is -3.55. The van der Waals surface area contributed by atoms with Crippen LogP contribution < -0.4 is 9.47 Å². The van der Waals surface area contributed by atoms with Gasteiger partial charge in [0.25, 0.3) is 0 Å². The van der Waals surface area contributed by atoms with Crippen molar-refractivity contribution in [1.82, 2.24) is 0 Å². The van der Waals surface area contributed by atoms with E-state index in [9.17, 15) is 18.5 Å². The summed E-state index contributed by atoms with van der Waals surface area (Å²) >= 11 is 0. The molecule has 0 N–H and O–H groups in total. The Labute approximate surface area is 133 Å². The minimum absolute atomic E-state index is 0.0652. The number of rotatable bonds is 5. The van der Waals surface area contributed by atoms with E-state index in [1.165, 1.54) is 19.2 Å².